The van der Waals surface area contributed by atoms with Crippen LogP contribution >= 0.6 is 0 Å². The molecule has 1 aromatic rings. The van der Waals surface area contributed by atoms with Gasteiger partial charge in [-0.2, -0.15) is 0 Å². The van der Waals surface area contributed by atoms with Crippen LogP contribution in [0, 0.1) is 0 Å². The van der Waals surface area contributed by atoms with E-state index in [1.807, 2.05) is 24.3 Å². The molecule has 0 bridgehead atoms. The second-order valence-electron chi connectivity index (χ2n) is 6.26. The lowest BCUT2D eigenvalue weighted by atomic mass is 9.94. The molecule has 0 aliphatic carbocycles. The van der Waals surface area contributed by atoms with Gasteiger partial charge in [0.1, 0.15) is 12.6 Å². The van der Waals surface area contributed by atoms with Crippen LogP contribution in [0.4, 0.5) is 4.79 Å². The number of esters is 1. The van der Waals surface area contributed by atoms with Crippen molar-refractivity contribution in [1.29, 1.82) is 0 Å². The molecule has 2 heterocycles. The number of methoxy groups -OCH3 is 1. The number of amides is 5. The van der Waals surface area contributed by atoms with Gasteiger partial charge in [0, 0.05) is 19.5 Å². The number of carbonyl (C=O) groups is 5. The minimum absolute atomic E-state index is 0.0377. The third-order valence-corrected chi connectivity index (χ3v) is 4.79. The number of imide groups is 2. The van der Waals surface area contributed by atoms with Gasteiger partial charge >= 0.3 is 23.8 Å². The quantitative estimate of drug-likeness (QED) is 0.415. The Labute approximate surface area is 155 Å². The van der Waals surface area contributed by atoms with Crippen LogP contribution in [-0.4, -0.2) is 70.7 Å². The summed E-state index contributed by atoms with van der Waals surface area (Å²) >= 11 is 0. The van der Waals surface area contributed by atoms with E-state index >= 15 is 0 Å². The molecule has 1 saturated heterocycles. The Bertz CT molecular complexity index is 836. The number of hydrogen-bond donors (Lipinski definition) is 0. The fraction of sp³-hybridized carbons (Fsp3) is 0.389. The molecule has 27 heavy (non-hydrogen) atoms. The highest BCUT2D eigenvalue weighted by atomic mass is 16.5. The second-order valence-corrected chi connectivity index (χ2v) is 6.26. The van der Waals surface area contributed by atoms with E-state index in [2.05, 4.69) is 0 Å². The zero-order chi connectivity index (χ0) is 19.7. The lowest BCUT2D eigenvalue weighted by Crippen LogP contribution is -2.52. The maximum Gasteiger partial charge on any atom is 0.334 e. The van der Waals surface area contributed by atoms with E-state index in [-0.39, 0.29) is 19.5 Å². The van der Waals surface area contributed by atoms with Crippen molar-refractivity contribution < 1.29 is 28.7 Å². The molecule has 0 N–H and O–H groups in total. The average Bonchev–Trinajstić information content (AvgIpc) is 2.89. The Kier molecular flexibility index (Phi) is 4.93. The van der Waals surface area contributed by atoms with Crippen molar-refractivity contribution >= 4 is 29.7 Å². The van der Waals surface area contributed by atoms with Crippen molar-refractivity contribution in [1.82, 2.24) is 14.7 Å². The van der Waals surface area contributed by atoms with Crippen LogP contribution in [0.25, 0.3) is 0 Å². The number of likely N-dealkylation sites (N-methyl/N-ethyl adjacent to an activating group) is 1. The molecule has 5 amide bonds. The molecule has 2 aliphatic heterocycles. The number of hydrogen-bond acceptors (Lipinski definition) is 6. The Morgan fingerprint density at radius 3 is 2.30 bits per heavy atom. The van der Waals surface area contributed by atoms with Gasteiger partial charge in [-0.05, 0) is 18.1 Å². The number of urea groups is 1. The largest absolute Gasteiger partial charge is 0.467 e. The van der Waals surface area contributed by atoms with Crippen LogP contribution < -0.4 is 0 Å². The predicted octanol–water partition coefficient (Wildman–Crippen LogP) is -0.0764. The summed E-state index contributed by atoms with van der Waals surface area (Å²) in [4.78, 5) is 63.7. The van der Waals surface area contributed by atoms with E-state index in [4.69, 9.17) is 4.74 Å². The fourth-order valence-electron chi connectivity index (χ4n) is 3.33. The van der Waals surface area contributed by atoms with Crippen LogP contribution in [0.2, 0.25) is 0 Å². The van der Waals surface area contributed by atoms with E-state index in [0.717, 1.165) is 16.0 Å². The number of benzene rings is 1. The number of rotatable bonds is 4. The Morgan fingerprint density at radius 2 is 1.70 bits per heavy atom. The predicted molar refractivity (Wildman–Crippen MR) is 91.0 cm³/mol. The van der Waals surface area contributed by atoms with Crippen molar-refractivity contribution in [2.24, 2.45) is 0 Å². The smallest absolute Gasteiger partial charge is 0.334 e. The normalized spacial score (nSPS) is 19.4. The van der Waals surface area contributed by atoms with Crippen LogP contribution in [0.1, 0.15) is 18.1 Å². The maximum absolute atomic E-state index is 12.8. The van der Waals surface area contributed by atoms with Gasteiger partial charge in [0.15, 0.2) is 0 Å². The fourth-order valence-corrected chi connectivity index (χ4v) is 3.33. The van der Waals surface area contributed by atoms with Gasteiger partial charge in [-0.15, -0.1) is 0 Å². The summed E-state index contributed by atoms with van der Waals surface area (Å²) in [6.45, 7) is 1.14. The van der Waals surface area contributed by atoms with Crippen LogP contribution in [0.3, 0.4) is 0 Å². The molecule has 1 aromatic carbocycles. The molecule has 9 heteroatoms. The summed E-state index contributed by atoms with van der Waals surface area (Å²) in [6.07, 6.45) is 0.274. The first kappa shape index (κ1) is 18.6. The Hall–Kier alpha value is -3.23. The molecule has 2 aliphatic rings. The molecule has 9 nitrogen and oxygen atoms in total. The lowest BCUT2D eigenvalue weighted by molar-refractivity contribution is -0.154. The number of nitrogens with zero attached hydrogens (tertiary/aromatic N) is 3. The number of fused-ring (bicyclic) bond motifs is 1. The second kappa shape index (κ2) is 7.18. The summed E-state index contributed by atoms with van der Waals surface area (Å²) in [5.41, 5.74) is 1.80. The summed E-state index contributed by atoms with van der Waals surface area (Å²) in [5.74, 6) is -3.18. The topological polar surface area (TPSA) is 104 Å². The molecule has 1 fully saturated rings. The molecular weight excluding hydrogens is 354 g/mol. The van der Waals surface area contributed by atoms with Gasteiger partial charge in [-0.3, -0.25) is 19.3 Å². The molecule has 142 valence electrons. The molecule has 0 unspecified atom stereocenters. The zero-order valence-corrected chi connectivity index (χ0v) is 15.0. The molecular formula is C18H19N3O6. The molecule has 0 aromatic heterocycles. The summed E-state index contributed by atoms with van der Waals surface area (Å²) in [7, 11) is 1.23. The van der Waals surface area contributed by atoms with Crippen LogP contribution in [0.5, 0.6) is 0 Å². The van der Waals surface area contributed by atoms with Crippen molar-refractivity contribution in [2.75, 3.05) is 20.2 Å². The van der Waals surface area contributed by atoms with Crippen molar-refractivity contribution in [3.8, 4) is 0 Å². The number of ether oxygens (including phenoxy) is 1. The third kappa shape index (κ3) is 3.16. The third-order valence-electron chi connectivity index (χ3n) is 4.79. The highest BCUT2D eigenvalue weighted by Crippen LogP contribution is 2.25. The van der Waals surface area contributed by atoms with Gasteiger partial charge in [0.05, 0.1) is 7.11 Å². The van der Waals surface area contributed by atoms with E-state index in [1.54, 1.807) is 6.92 Å². The monoisotopic (exact) mass is 373 g/mol. The van der Waals surface area contributed by atoms with Crippen LogP contribution in [0.15, 0.2) is 24.3 Å². The molecule has 0 radical (unpaired) electrons. The van der Waals surface area contributed by atoms with Gasteiger partial charge < -0.3 is 9.64 Å². The first-order valence-electron chi connectivity index (χ1n) is 8.50. The van der Waals surface area contributed by atoms with Crippen molar-refractivity contribution in [2.45, 2.75) is 25.9 Å². The Balaban J connectivity index is 1.84. The minimum Gasteiger partial charge on any atom is -0.467 e. The molecule has 0 spiro atoms. The maximum atomic E-state index is 12.8. The SMILES string of the molecule is CCN1C(=O)C(=O)N(CC(=O)N2Cc3ccccc3C[C@H]2C(=O)OC)C1=O. The van der Waals surface area contributed by atoms with Crippen molar-refractivity contribution in [3.05, 3.63) is 35.4 Å². The summed E-state index contributed by atoms with van der Waals surface area (Å²) in [6, 6.07) is 5.70. The van der Waals surface area contributed by atoms with E-state index in [1.165, 1.54) is 12.0 Å². The van der Waals surface area contributed by atoms with Crippen molar-refractivity contribution in [3.63, 3.8) is 0 Å². The minimum atomic E-state index is -1.04. The van der Waals surface area contributed by atoms with E-state index in [0.29, 0.717) is 4.90 Å². The average molecular weight is 373 g/mol. The standard InChI is InChI=1S/C18H19N3O6/c1-3-19-15(23)16(24)21(18(19)26)10-14(22)20-9-12-7-5-4-6-11(12)8-13(20)17(25)27-2/h4-7,13H,3,8-10H2,1-2H3/t13-/m0/s1. The first-order valence-corrected chi connectivity index (χ1v) is 8.50. The van der Waals surface area contributed by atoms with Gasteiger partial charge in [0.25, 0.3) is 0 Å². The molecule has 3 rings (SSSR count). The van der Waals surface area contributed by atoms with E-state index < -0.39 is 42.3 Å². The van der Waals surface area contributed by atoms with E-state index in [9.17, 15) is 24.0 Å². The zero-order valence-electron chi connectivity index (χ0n) is 15.0. The molecule has 1 atom stereocenters. The van der Waals surface area contributed by atoms with Crippen LogP contribution in [-0.2, 0) is 36.9 Å². The highest BCUT2D eigenvalue weighted by molar-refractivity contribution is 6.45. The highest BCUT2D eigenvalue weighted by Gasteiger charge is 2.46. The summed E-state index contributed by atoms with van der Waals surface area (Å²) < 4.78 is 4.81. The number of carbonyl (C=O) groups excluding carboxylic acids is 5. The van der Waals surface area contributed by atoms with Gasteiger partial charge in [-0.1, -0.05) is 24.3 Å². The Morgan fingerprint density at radius 1 is 1.07 bits per heavy atom. The summed E-state index contributed by atoms with van der Waals surface area (Å²) in [5, 5.41) is 0. The van der Waals surface area contributed by atoms with Gasteiger partial charge in [-0.25, -0.2) is 14.5 Å². The lowest BCUT2D eigenvalue weighted by Gasteiger charge is -2.35. The van der Waals surface area contributed by atoms with Gasteiger partial charge in [0.2, 0.25) is 5.91 Å². The first-order chi connectivity index (χ1) is 12.9. The molecule has 0 saturated carbocycles.